The molecule has 0 unspecified atom stereocenters. The molecule has 1 atom stereocenters. The van der Waals surface area contributed by atoms with Crippen LogP contribution in [0.2, 0.25) is 0 Å². The van der Waals surface area contributed by atoms with Crippen LogP contribution >= 0.6 is 0 Å². The number of carbonyl (C=O) groups excluding carboxylic acids is 2. The van der Waals surface area contributed by atoms with Gasteiger partial charge in [-0.2, -0.15) is 0 Å². The molecule has 0 aromatic heterocycles. The highest BCUT2D eigenvalue weighted by atomic mass is 19.1. The van der Waals surface area contributed by atoms with Crippen LogP contribution in [-0.4, -0.2) is 55.7 Å². The van der Waals surface area contributed by atoms with Gasteiger partial charge in [-0.25, -0.2) is 9.18 Å². The third-order valence-electron chi connectivity index (χ3n) is 4.55. The van der Waals surface area contributed by atoms with Crippen LogP contribution < -0.4 is 9.64 Å². The second-order valence-corrected chi connectivity index (χ2v) is 6.50. The number of piperazine rings is 1. The van der Waals surface area contributed by atoms with Crippen molar-refractivity contribution in [1.82, 2.24) is 4.90 Å². The average Bonchev–Trinajstić information content (AvgIpc) is 2.73. The van der Waals surface area contributed by atoms with Crippen molar-refractivity contribution < 1.29 is 23.5 Å². The first kappa shape index (κ1) is 19.7. The van der Waals surface area contributed by atoms with Crippen LogP contribution in [0.1, 0.15) is 6.92 Å². The fourth-order valence-electron chi connectivity index (χ4n) is 3.00. The summed E-state index contributed by atoms with van der Waals surface area (Å²) < 4.78 is 24.5. The molecule has 148 valence electrons. The average molecular weight is 386 g/mol. The van der Waals surface area contributed by atoms with E-state index in [-0.39, 0.29) is 18.3 Å². The third-order valence-corrected chi connectivity index (χ3v) is 4.55. The van der Waals surface area contributed by atoms with Crippen molar-refractivity contribution in [2.24, 2.45) is 0 Å². The molecule has 0 aliphatic carbocycles. The molecule has 0 saturated carbocycles. The number of ether oxygens (including phenoxy) is 2. The Balaban J connectivity index is 1.43. The molecule has 28 heavy (non-hydrogen) atoms. The quantitative estimate of drug-likeness (QED) is 0.714. The number of nitrogens with zero attached hydrogens (tertiary/aromatic N) is 2. The van der Waals surface area contributed by atoms with E-state index in [9.17, 15) is 14.0 Å². The second-order valence-electron chi connectivity index (χ2n) is 6.50. The highest BCUT2D eigenvalue weighted by Crippen LogP contribution is 2.20. The summed E-state index contributed by atoms with van der Waals surface area (Å²) in [5.74, 6) is -0.582. The number of benzene rings is 2. The summed E-state index contributed by atoms with van der Waals surface area (Å²) in [5.41, 5.74) is 0.535. The Kier molecular flexibility index (Phi) is 6.47. The van der Waals surface area contributed by atoms with Gasteiger partial charge in [0.15, 0.2) is 12.7 Å². The lowest BCUT2D eigenvalue weighted by Crippen LogP contribution is -2.50. The van der Waals surface area contributed by atoms with E-state index in [2.05, 4.69) is 0 Å². The monoisotopic (exact) mass is 386 g/mol. The Bertz CT molecular complexity index is 807. The lowest BCUT2D eigenvalue weighted by Gasteiger charge is -2.36. The first-order chi connectivity index (χ1) is 13.5. The summed E-state index contributed by atoms with van der Waals surface area (Å²) in [7, 11) is 0. The maximum absolute atomic E-state index is 13.9. The van der Waals surface area contributed by atoms with E-state index in [0.29, 0.717) is 37.6 Å². The fourth-order valence-corrected chi connectivity index (χ4v) is 3.00. The van der Waals surface area contributed by atoms with Crippen LogP contribution in [0.25, 0.3) is 0 Å². The Labute approximate surface area is 163 Å². The fraction of sp³-hybridized carbons (Fsp3) is 0.333. The van der Waals surface area contributed by atoms with Crippen molar-refractivity contribution in [3.05, 3.63) is 60.4 Å². The zero-order chi connectivity index (χ0) is 19.9. The normalized spacial score (nSPS) is 15.1. The van der Waals surface area contributed by atoms with E-state index in [1.165, 1.54) is 6.07 Å². The van der Waals surface area contributed by atoms with Gasteiger partial charge in [-0.3, -0.25) is 4.79 Å². The molecule has 1 saturated heterocycles. The van der Waals surface area contributed by atoms with Crippen LogP contribution in [-0.2, 0) is 14.3 Å². The van der Waals surface area contributed by atoms with E-state index in [0.717, 1.165) is 0 Å². The summed E-state index contributed by atoms with van der Waals surface area (Å²) >= 11 is 0. The Hall–Kier alpha value is -3.09. The molecule has 2 aromatic rings. The second kappa shape index (κ2) is 9.21. The van der Waals surface area contributed by atoms with Gasteiger partial charge in [-0.1, -0.05) is 30.3 Å². The Morgan fingerprint density at radius 3 is 2.32 bits per heavy atom. The van der Waals surface area contributed by atoms with Gasteiger partial charge in [-0.15, -0.1) is 0 Å². The van der Waals surface area contributed by atoms with Gasteiger partial charge in [0.05, 0.1) is 5.69 Å². The van der Waals surface area contributed by atoms with E-state index >= 15 is 0 Å². The number of carbonyl (C=O) groups is 2. The van der Waals surface area contributed by atoms with E-state index in [1.807, 2.05) is 11.0 Å². The van der Waals surface area contributed by atoms with Crippen LogP contribution in [0.3, 0.4) is 0 Å². The SMILES string of the molecule is C[C@@H](Oc1ccccc1)C(=O)OCC(=O)N1CCN(c2ccccc2F)CC1. The number of para-hydroxylation sites is 2. The molecule has 1 aliphatic rings. The van der Waals surface area contributed by atoms with Crippen LogP contribution in [0.5, 0.6) is 5.75 Å². The minimum absolute atomic E-state index is 0.270. The number of anilines is 1. The summed E-state index contributed by atoms with van der Waals surface area (Å²) in [6.45, 7) is 3.18. The maximum Gasteiger partial charge on any atom is 0.347 e. The topological polar surface area (TPSA) is 59.1 Å². The molecule has 1 heterocycles. The number of rotatable bonds is 6. The van der Waals surface area contributed by atoms with Crippen LogP contribution in [0.15, 0.2) is 54.6 Å². The Morgan fingerprint density at radius 2 is 1.64 bits per heavy atom. The van der Waals surface area contributed by atoms with E-state index in [4.69, 9.17) is 9.47 Å². The van der Waals surface area contributed by atoms with Crippen molar-refractivity contribution in [1.29, 1.82) is 0 Å². The van der Waals surface area contributed by atoms with Gasteiger partial charge >= 0.3 is 5.97 Å². The van der Waals surface area contributed by atoms with Crippen molar-refractivity contribution in [3.63, 3.8) is 0 Å². The van der Waals surface area contributed by atoms with Gasteiger partial charge in [-0.05, 0) is 31.2 Å². The highest BCUT2D eigenvalue weighted by molar-refractivity contribution is 5.82. The van der Waals surface area contributed by atoms with E-state index in [1.54, 1.807) is 54.3 Å². The molecular weight excluding hydrogens is 363 g/mol. The molecule has 1 fully saturated rings. The number of esters is 1. The van der Waals surface area contributed by atoms with Gasteiger partial charge in [0.1, 0.15) is 11.6 Å². The molecule has 1 aliphatic heterocycles. The molecule has 1 amide bonds. The van der Waals surface area contributed by atoms with Crippen molar-refractivity contribution in [2.45, 2.75) is 13.0 Å². The number of amides is 1. The summed E-state index contributed by atoms with van der Waals surface area (Å²) in [4.78, 5) is 27.9. The molecule has 6 nitrogen and oxygen atoms in total. The number of hydrogen-bond donors (Lipinski definition) is 0. The van der Waals surface area contributed by atoms with Crippen molar-refractivity contribution in [2.75, 3.05) is 37.7 Å². The molecular formula is C21H23FN2O4. The summed E-state index contributed by atoms with van der Waals surface area (Å²) in [5, 5.41) is 0. The zero-order valence-corrected chi connectivity index (χ0v) is 15.7. The van der Waals surface area contributed by atoms with Gasteiger partial charge in [0.25, 0.3) is 5.91 Å². The van der Waals surface area contributed by atoms with Gasteiger partial charge in [0, 0.05) is 26.2 Å². The van der Waals surface area contributed by atoms with Gasteiger partial charge in [0.2, 0.25) is 0 Å². The lowest BCUT2D eigenvalue weighted by molar-refractivity contribution is -0.157. The van der Waals surface area contributed by atoms with Crippen LogP contribution in [0.4, 0.5) is 10.1 Å². The number of hydrogen-bond acceptors (Lipinski definition) is 5. The van der Waals surface area contributed by atoms with E-state index < -0.39 is 12.1 Å². The summed E-state index contributed by atoms with van der Waals surface area (Å²) in [6.07, 6.45) is -0.812. The third kappa shape index (κ3) is 5.00. The molecule has 0 spiro atoms. The molecule has 2 aromatic carbocycles. The molecule has 0 radical (unpaired) electrons. The minimum atomic E-state index is -0.812. The minimum Gasteiger partial charge on any atom is -0.479 e. The molecule has 3 rings (SSSR count). The largest absolute Gasteiger partial charge is 0.479 e. The highest BCUT2D eigenvalue weighted by Gasteiger charge is 2.24. The number of halogens is 1. The van der Waals surface area contributed by atoms with Gasteiger partial charge < -0.3 is 19.3 Å². The molecule has 0 N–H and O–H groups in total. The lowest BCUT2D eigenvalue weighted by atomic mass is 10.2. The smallest absolute Gasteiger partial charge is 0.347 e. The van der Waals surface area contributed by atoms with Crippen LogP contribution in [0, 0.1) is 5.82 Å². The molecule has 0 bridgehead atoms. The van der Waals surface area contributed by atoms with Crippen molar-refractivity contribution in [3.8, 4) is 5.75 Å². The Morgan fingerprint density at radius 1 is 1.00 bits per heavy atom. The summed E-state index contributed by atoms with van der Waals surface area (Å²) in [6, 6.07) is 15.5. The standard InChI is InChI=1S/C21H23FN2O4/c1-16(28-17-7-3-2-4-8-17)21(26)27-15-20(25)24-13-11-23(12-14-24)19-10-6-5-9-18(19)22/h2-10,16H,11-15H2,1H3/t16-/m1/s1. The van der Waals surface area contributed by atoms with Crippen molar-refractivity contribution >= 4 is 17.6 Å². The molecule has 7 heteroatoms. The predicted molar refractivity (Wildman–Crippen MR) is 103 cm³/mol. The first-order valence-corrected chi connectivity index (χ1v) is 9.20. The first-order valence-electron chi connectivity index (χ1n) is 9.20. The maximum atomic E-state index is 13.9. The zero-order valence-electron chi connectivity index (χ0n) is 15.7. The predicted octanol–water partition coefficient (Wildman–Crippen LogP) is 2.49.